The molecule has 4 heterocycles. The minimum atomic E-state index is -1.64. The van der Waals surface area contributed by atoms with E-state index in [1.807, 2.05) is 53.6 Å². The van der Waals surface area contributed by atoms with Crippen LogP contribution in [0.2, 0.25) is 0 Å². The second kappa shape index (κ2) is 20.4. The molecule has 340 valence electrons. The SMILES string of the molecule is CC[C@H]1OC(=O)[C@H](C)[C@@H](OC2CC(C)(OC)C(O)C(C)O2)[C@H](C)[C@@H](OC2OC(C)CC(N(C)C)C2O)[C@](C)(O)C[C@@H](C)[C@@H]2NC(COCCOC)O[C@H]([C@H]2C)[C@]1(C)O. The first-order chi connectivity index (χ1) is 27.0. The van der Waals surface area contributed by atoms with Crippen molar-refractivity contribution in [2.75, 3.05) is 48.1 Å². The zero-order valence-corrected chi connectivity index (χ0v) is 37.6. The van der Waals surface area contributed by atoms with Crippen LogP contribution in [0.4, 0.5) is 0 Å². The smallest absolute Gasteiger partial charge is 0.311 e. The molecule has 16 heteroatoms. The Hall–Kier alpha value is -1.09. The van der Waals surface area contributed by atoms with Crippen LogP contribution in [0.15, 0.2) is 0 Å². The number of ether oxygens (including phenoxy) is 9. The van der Waals surface area contributed by atoms with Crippen molar-refractivity contribution in [3.05, 3.63) is 0 Å². The molecule has 0 aromatic carbocycles. The Bertz CT molecular complexity index is 1290. The van der Waals surface area contributed by atoms with Gasteiger partial charge >= 0.3 is 5.97 Å². The van der Waals surface area contributed by atoms with Crippen molar-refractivity contribution in [3.8, 4) is 0 Å². The van der Waals surface area contributed by atoms with Gasteiger partial charge in [0.1, 0.15) is 30.1 Å². The Labute approximate surface area is 346 Å². The molecular formula is C42H78N2O14. The van der Waals surface area contributed by atoms with Gasteiger partial charge in [-0.05, 0) is 80.8 Å². The number of methoxy groups -OCH3 is 2. The summed E-state index contributed by atoms with van der Waals surface area (Å²) in [4.78, 5) is 16.4. The first kappa shape index (κ1) is 49.6. The van der Waals surface area contributed by atoms with Gasteiger partial charge in [0.25, 0.3) is 0 Å². The van der Waals surface area contributed by atoms with Gasteiger partial charge in [-0.15, -0.1) is 0 Å². The quantitative estimate of drug-likeness (QED) is 0.142. The number of esters is 1. The molecule has 4 rings (SSSR count). The molecule has 0 saturated carbocycles. The number of aliphatic hydroxyl groups excluding tert-OH is 2. The average molecular weight is 835 g/mol. The number of rotatable bonds is 12. The van der Waals surface area contributed by atoms with Crippen LogP contribution in [0.1, 0.15) is 94.9 Å². The molecule has 5 N–H and O–H groups in total. The summed E-state index contributed by atoms with van der Waals surface area (Å²) in [5, 5.41) is 51.5. The fourth-order valence-electron chi connectivity index (χ4n) is 10.0. The molecule has 0 aromatic rings. The van der Waals surface area contributed by atoms with Crippen LogP contribution in [0, 0.1) is 23.7 Å². The predicted octanol–water partition coefficient (Wildman–Crippen LogP) is 2.20. The molecule has 4 fully saturated rings. The highest BCUT2D eigenvalue weighted by Crippen LogP contribution is 2.43. The monoisotopic (exact) mass is 835 g/mol. The standard InChI is InChI=1S/C42H78N2O14/c1-15-29-42(10,49)37-24(4)32(43-30(56-37)21-52-17-16-50-13)22(2)19-40(8,48)36(58-39-33(45)28(44(11)12)18-23(3)53-39)25(5)34(26(6)38(47)55-29)57-31-20-41(9,51-14)35(46)27(7)54-31/h22-37,39,43,45-46,48-49H,15-21H2,1-14H3/t22-,23?,24+,25+,26-,27?,28?,29-,30?,31?,32+,33?,34+,35?,36-,37-,39?,40-,41?,42-/m1/s1. The fourth-order valence-corrected chi connectivity index (χ4v) is 10.0. The number of hydrogen-bond donors (Lipinski definition) is 5. The first-order valence-electron chi connectivity index (χ1n) is 21.4. The van der Waals surface area contributed by atoms with Gasteiger partial charge in [-0.25, -0.2) is 0 Å². The van der Waals surface area contributed by atoms with E-state index in [1.54, 1.807) is 41.7 Å². The van der Waals surface area contributed by atoms with E-state index in [2.05, 4.69) is 5.32 Å². The summed E-state index contributed by atoms with van der Waals surface area (Å²) in [5.74, 6) is -2.95. The molecule has 4 aliphatic heterocycles. The molecule has 0 radical (unpaired) electrons. The van der Waals surface area contributed by atoms with Crippen molar-refractivity contribution in [1.29, 1.82) is 0 Å². The molecule has 4 saturated heterocycles. The van der Waals surface area contributed by atoms with Gasteiger partial charge in [0.15, 0.2) is 12.6 Å². The molecular weight excluding hydrogens is 756 g/mol. The minimum absolute atomic E-state index is 0.137. The highest BCUT2D eigenvalue weighted by molar-refractivity contribution is 5.73. The molecule has 0 aromatic heterocycles. The van der Waals surface area contributed by atoms with Crippen LogP contribution >= 0.6 is 0 Å². The van der Waals surface area contributed by atoms with Crippen molar-refractivity contribution in [3.63, 3.8) is 0 Å². The first-order valence-corrected chi connectivity index (χ1v) is 21.4. The van der Waals surface area contributed by atoms with E-state index in [0.717, 1.165) is 0 Å². The maximum absolute atomic E-state index is 14.5. The fraction of sp³-hybridized carbons (Fsp3) is 0.976. The van der Waals surface area contributed by atoms with Crippen LogP contribution in [0.25, 0.3) is 0 Å². The van der Waals surface area contributed by atoms with E-state index in [4.69, 9.17) is 42.6 Å². The highest BCUT2D eigenvalue weighted by Gasteiger charge is 2.55. The predicted molar refractivity (Wildman–Crippen MR) is 214 cm³/mol. The summed E-state index contributed by atoms with van der Waals surface area (Å²) in [6.45, 7) is 19.1. The van der Waals surface area contributed by atoms with Crippen LogP contribution in [-0.2, 0) is 47.4 Å². The van der Waals surface area contributed by atoms with Crippen molar-refractivity contribution >= 4 is 5.97 Å². The number of fused-ring (bicyclic) bond motifs is 2. The van der Waals surface area contributed by atoms with Gasteiger partial charge in [0.2, 0.25) is 0 Å². The van der Waals surface area contributed by atoms with Gasteiger partial charge in [-0.2, -0.15) is 0 Å². The van der Waals surface area contributed by atoms with E-state index in [0.29, 0.717) is 19.6 Å². The third kappa shape index (κ3) is 11.1. The second-order valence-corrected chi connectivity index (χ2v) is 18.6. The number of cyclic esters (lactones) is 1. The van der Waals surface area contributed by atoms with E-state index in [9.17, 15) is 25.2 Å². The zero-order chi connectivity index (χ0) is 43.5. The van der Waals surface area contributed by atoms with Gasteiger partial charge in [0, 0.05) is 44.6 Å². The van der Waals surface area contributed by atoms with Crippen molar-refractivity contribution < 1.29 is 67.9 Å². The summed E-state index contributed by atoms with van der Waals surface area (Å²) >= 11 is 0. The summed E-state index contributed by atoms with van der Waals surface area (Å²) in [7, 11) is 6.90. The van der Waals surface area contributed by atoms with Crippen molar-refractivity contribution in [2.45, 2.75) is 191 Å². The number of carbonyl (C=O) groups is 1. The molecule has 4 aliphatic rings. The normalized spacial score (nSPS) is 48.7. The second-order valence-electron chi connectivity index (χ2n) is 18.6. The number of nitrogens with zero attached hydrogens (tertiary/aromatic N) is 1. The van der Waals surface area contributed by atoms with Crippen LogP contribution in [0.3, 0.4) is 0 Å². The van der Waals surface area contributed by atoms with E-state index in [-0.39, 0.29) is 55.9 Å². The number of nitrogens with one attached hydrogen (secondary N) is 1. The summed E-state index contributed by atoms with van der Waals surface area (Å²) in [6, 6.07) is -0.593. The van der Waals surface area contributed by atoms with Crippen LogP contribution < -0.4 is 5.32 Å². The molecule has 58 heavy (non-hydrogen) atoms. The molecule has 0 aliphatic carbocycles. The van der Waals surface area contributed by atoms with Gasteiger partial charge < -0.3 is 68.0 Å². The zero-order valence-electron chi connectivity index (χ0n) is 37.6. The van der Waals surface area contributed by atoms with Crippen molar-refractivity contribution in [2.24, 2.45) is 23.7 Å². The van der Waals surface area contributed by atoms with Gasteiger partial charge in [-0.1, -0.05) is 27.7 Å². The van der Waals surface area contributed by atoms with Crippen LogP contribution in [-0.4, -0.2) is 176 Å². The molecule has 9 unspecified atom stereocenters. The molecule has 0 amide bonds. The molecule has 20 atom stereocenters. The lowest BCUT2D eigenvalue weighted by Crippen LogP contribution is -2.67. The summed E-state index contributed by atoms with van der Waals surface area (Å²) in [6.07, 6.45) is -8.29. The third-order valence-corrected chi connectivity index (χ3v) is 13.5. The van der Waals surface area contributed by atoms with E-state index in [1.165, 1.54) is 7.11 Å². The lowest BCUT2D eigenvalue weighted by molar-refractivity contribution is -0.318. The molecule has 0 spiro atoms. The number of carbonyl (C=O) groups excluding carboxylic acids is 1. The summed E-state index contributed by atoms with van der Waals surface area (Å²) < 4.78 is 55.7. The number of hydrogen-bond acceptors (Lipinski definition) is 16. The minimum Gasteiger partial charge on any atom is -0.459 e. The molecule has 2 bridgehead atoms. The Morgan fingerprint density at radius 1 is 0.914 bits per heavy atom. The third-order valence-electron chi connectivity index (χ3n) is 13.5. The number of likely N-dealkylation sites (N-methyl/N-ethyl adjacent to an activating group) is 1. The van der Waals surface area contributed by atoms with E-state index >= 15 is 0 Å². The lowest BCUT2D eigenvalue weighted by Gasteiger charge is -2.52. The maximum atomic E-state index is 14.5. The Morgan fingerprint density at radius 3 is 2.19 bits per heavy atom. The Balaban J connectivity index is 1.83. The highest BCUT2D eigenvalue weighted by atomic mass is 16.7. The topological polar surface area (TPSA) is 196 Å². The average Bonchev–Trinajstić information content (AvgIpc) is 3.15. The Kier molecular flexibility index (Phi) is 17.4. The largest absolute Gasteiger partial charge is 0.459 e. The van der Waals surface area contributed by atoms with E-state index < -0.39 is 96.1 Å². The maximum Gasteiger partial charge on any atom is 0.311 e. The van der Waals surface area contributed by atoms with Gasteiger partial charge in [-0.3, -0.25) is 10.1 Å². The lowest BCUT2D eigenvalue weighted by atomic mass is 9.71. The molecule has 16 nitrogen and oxygen atoms in total. The van der Waals surface area contributed by atoms with Crippen molar-refractivity contribution in [1.82, 2.24) is 10.2 Å². The Morgan fingerprint density at radius 2 is 1.59 bits per heavy atom. The van der Waals surface area contributed by atoms with Gasteiger partial charge in [0.05, 0.1) is 67.5 Å². The van der Waals surface area contributed by atoms with Crippen LogP contribution in [0.5, 0.6) is 0 Å². The number of aliphatic hydroxyl groups is 4. The summed E-state index contributed by atoms with van der Waals surface area (Å²) in [5.41, 5.74) is -4.27.